The number of carbonyl (C=O) groups excluding carboxylic acids is 2. The van der Waals surface area contributed by atoms with Crippen molar-refractivity contribution in [1.29, 1.82) is 0 Å². The number of ether oxygens (including phenoxy) is 12. The van der Waals surface area contributed by atoms with Gasteiger partial charge in [0.05, 0.1) is 56.9 Å². The van der Waals surface area contributed by atoms with Crippen LogP contribution in [0.4, 0.5) is 0 Å². The number of carbonyl (C=O) groups is 2. The van der Waals surface area contributed by atoms with E-state index in [1.165, 1.54) is 0 Å². The first-order chi connectivity index (χ1) is 43.8. The zero-order valence-corrected chi connectivity index (χ0v) is 51.3. The van der Waals surface area contributed by atoms with Gasteiger partial charge in [-0.3, -0.25) is 9.59 Å². The molecule has 458 valence electrons. The molecule has 0 saturated heterocycles. The monoisotopic (exact) mass is 1210 g/mol. The molecule has 0 aromatic heterocycles. The molecular formula is C74H68N2O14. The van der Waals surface area contributed by atoms with Gasteiger partial charge in [0, 0.05) is 60.6 Å². The van der Waals surface area contributed by atoms with E-state index in [1.54, 1.807) is 81.1 Å². The van der Waals surface area contributed by atoms with E-state index >= 15 is 0 Å². The maximum Gasteiger partial charge on any atom is 0.251 e. The molecule has 0 bridgehead atoms. The highest BCUT2D eigenvalue weighted by atomic mass is 16.5. The topological polar surface area (TPSA) is 169 Å². The molecule has 0 unspecified atom stereocenters. The minimum Gasteiger partial charge on any atom is -0.497 e. The van der Waals surface area contributed by atoms with Gasteiger partial charge < -0.3 is 67.5 Å². The first-order valence-electron chi connectivity index (χ1n) is 28.9. The van der Waals surface area contributed by atoms with E-state index in [0.717, 1.165) is 76.5 Å². The number of amides is 2. The highest BCUT2D eigenvalue weighted by molar-refractivity contribution is 6.10. The van der Waals surface area contributed by atoms with Crippen LogP contribution in [-0.2, 0) is 39.5 Å². The van der Waals surface area contributed by atoms with Gasteiger partial charge in [0.2, 0.25) is 0 Å². The molecule has 0 saturated carbocycles. The average molecular weight is 1210 g/mol. The number of methoxy groups -OCH3 is 8. The molecule has 0 aliphatic heterocycles. The van der Waals surface area contributed by atoms with Crippen LogP contribution in [0.25, 0.3) is 43.1 Å². The summed E-state index contributed by atoms with van der Waals surface area (Å²) in [7, 11) is 12.8. The number of hydrogen-bond acceptors (Lipinski definition) is 14. The number of fused-ring (bicyclic) bond motifs is 4. The lowest BCUT2D eigenvalue weighted by Crippen LogP contribution is -2.22. The average Bonchev–Trinajstić information content (AvgIpc) is 0.820. The Morgan fingerprint density at radius 3 is 0.700 bits per heavy atom. The van der Waals surface area contributed by atoms with Crippen molar-refractivity contribution in [2.24, 2.45) is 0 Å². The van der Waals surface area contributed by atoms with Crippen molar-refractivity contribution in [3.8, 4) is 69.0 Å². The molecule has 11 rings (SSSR count). The van der Waals surface area contributed by atoms with Crippen LogP contribution in [0.15, 0.2) is 182 Å². The molecule has 90 heavy (non-hydrogen) atoms. The van der Waals surface area contributed by atoms with Gasteiger partial charge in [0.1, 0.15) is 95.4 Å². The van der Waals surface area contributed by atoms with E-state index in [1.807, 2.05) is 121 Å². The molecule has 0 heterocycles. The molecular weight excluding hydrogens is 1140 g/mol. The Morgan fingerprint density at radius 1 is 0.244 bits per heavy atom. The van der Waals surface area contributed by atoms with Gasteiger partial charge in [-0.25, -0.2) is 0 Å². The number of rotatable bonds is 26. The fraction of sp³-hybridized carbons (Fsp3) is 0.189. The summed E-state index contributed by atoms with van der Waals surface area (Å²) in [5.74, 6) is 6.87. The summed E-state index contributed by atoms with van der Waals surface area (Å²) >= 11 is 0. The largest absolute Gasteiger partial charge is 0.497 e. The molecule has 11 aromatic carbocycles. The first-order valence-corrected chi connectivity index (χ1v) is 28.9. The normalized spacial score (nSPS) is 11.0. The van der Waals surface area contributed by atoms with Crippen LogP contribution in [0, 0.1) is 0 Å². The molecule has 0 fully saturated rings. The van der Waals surface area contributed by atoms with Crippen molar-refractivity contribution < 1.29 is 66.4 Å². The summed E-state index contributed by atoms with van der Waals surface area (Å²) in [4.78, 5) is 27.9. The van der Waals surface area contributed by atoms with Gasteiger partial charge >= 0.3 is 0 Å². The fourth-order valence-corrected chi connectivity index (χ4v) is 10.6. The Morgan fingerprint density at radius 2 is 0.456 bits per heavy atom. The van der Waals surface area contributed by atoms with Gasteiger partial charge in [-0.15, -0.1) is 0 Å². The third-order valence-corrected chi connectivity index (χ3v) is 15.3. The third kappa shape index (κ3) is 14.9. The quantitative estimate of drug-likeness (QED) is 0.0491. The van der Waals surface area contributed by atoms with Crippen LogP contribution >= 0.6 is 0 Å². The molecule has 16 heteroatoms. The van der Waals surface area contributed by atoms with Crippen LogP contribution < -0.4 is 67.5 Å². The molecule has 0 spiro atoms. The summed E-state index contributed by atoms with van der Waals surface area (Å²) in [6.45, 7) is 1.29. The Kier molecular flexibility index (Phi) is 18.7. The minimum absolute atomic E-state index is 0.198. The van der Waals surface area contributed by atoms with Crippen LogP contribution in [-0.4, -0.2) is 68.7 Å². The maximum atomic E-state index is 14.0. The summed E-state index contributed by atoms with van der Waals surface area (Å²) in [5.41, 5.74) is 5.95. The summed E-state index contributed by atoms with van der Waals surface area (Å²) in [6.07, 6.45) is 0. The molecule has 0 atom stereocenters. The van der Waals surface area contributed by atoms with Crippen molar-refractivity contribution in [2.45, 2.75) is 39.5 Å². The van der Waals surface area contributed by atoms with Crippen LogP contribution in [0.1, 0.15) is 54.1 Å². The number of nitrogens with one attached hydrogen (secondary N) is 2. The molecule has 2 amide bonds. The minimum atomic E-state index is -0.236. The van der Waals surface area contributed by atoms with Gasteiger partial charge in [-0.05, 0) is 210 Å². The Bertz CT molecular complexity index is 3920. The van der Waals surface area contributed by atoms with Gasteiger partial charge in [0.15, 0.2) is 0 Å². The zero-order valence-electron chi connectivity index (χ0n) is 51.3. The lowest BCUT2D eigenvalue weighted by atomic mass is 9.96. The van der Waals surface area contributed by atoms with Crippen molar-refractivity contribution in [2.75, 3.05) is 56.9 Å². The van der Waals surface area contributed by atoms with E-state index in [2.05, 4.69) is 47.0 Å². The van der Waals surface area contributed by atoms with Crippen LogP contribution in [0.3, 0.4) is 0 Å². The molecule has 16 nitrogen and oxygen atoms in total. The second kappa shape index (κ2) is 27.8. The van der Waals surface area contributed by atoms with Gasteiger partial charge in [-0.1, -0.05) is 12.1 Å². The molecule has 2 N–H and O–H groups in total. The summed E-state index contributed by atoms with van der Waals surface area (Å²) in [6, 6.07) is 57.8. The Balaban J connectivity index is 0.781. The summed E-state index contributed by atoms with van der Waals surface area (Å²) < 4.78 is 69.2. The maximum absolute atomic E-state index is 14.0. The van der Waals surface area contributed by atoms with E-state index in [4.69, 9.17) is 56.8 Å². The van der Waals surface area contributed by atoms with Crippen LogP contribution in [0.2, 0.25) is 0 Å². The van der Waals surface area contributed by atoms with E-state index in [0.29, 0.717) is 80.1 Å². The fourth-order valence-electron chi connectivity index (χ4n) is 10.6. The van der Waals surface area contributed by atoms with Crippen molar-refractivity contribution in [3.63, 3.8) is 0 Å². The predicted octanol–water partition coefficient (Wildman–Crippen LogP) is 14.5. The van der Waals surface area contributed by atoms with Crippen molar-refractivity contribution in [1.82, 2.24) is 10.6 Å². The summed E-state index contributed by atoms with van der Waals surface area (Å²) in [5, 5.41) is 14.2. The molecule has 11 aromatic rings. The van der Waals surface area contributed by atoms with Gasteiger partial charge in [-0.2, -0.15) is 0 Å². The lowest BCUT2D eigenvalue weighted by molar-refractivity contribution is 0.0943. The highest BCUT2D eigenvalue weighted by Crippen LogP contribution is 2.34. The highest BCUT2D eigenvalue weighted by Gasteiger charge is 2.16. The predicted molar refractivity (Wildman–Crippen MR) is 347 cm³/mol. The standard InChI is InChI=1S/C74H68N2O14/c1-79-61-17-47(18-62(33-61)80-2)41-87-69-13-45(14-70(37-69)88-42-48-19-63(81-3)34-64(20-48)82-4)39-75-73(77)53-11-9-51-25-57-32-60-30-56-28-54(12-10-52(56)26-58(60)31-59(57)29-55(51)27-53)74(78)76-40-46-15-71(89-43-49-21-65(83-5)35-66(22-49)84-6)38-72(16-46)90-44-50-23-67(85-7)36-68(24-50)86-8/h9-38H,39-44H2,1-8H3,(H,75,77)(H,76,78). The second-order valence-corrected chi connectivity index (χ2v) is 21.4. The lowest BCUT2D eigenvalue weighted by Gasteiger charge is -2.15. The SMILES string of the molecule is COc1cc(COc2cc(CNC(=O)c3ccc4cc5cc6cc7cc(C(=O)NCc8cc(OCc9cc(OC)cc(OC)c9)cc(OCc9cc(OC)cc(OC)c9)c8)ccc7cc6cc5cc4c3)cc(OCc3cc(OC)cc(OC)c3)c2)cc(OC)c1. The van der Waals surface area contributed by atoms with Crippen molar-refractivity contribution in [3.05, 3.63) is 226 Å². The second-order valence-electron chi connectivity index (χ2n) is 21.4. The molecule has 0 aliphatic rings. The zero-order chi connectivity index (χ0) is 62.7. The smallest absolute Gasteiger partial charge is 0.251 e. The molecule has 0 aliphatic carbocycles. The number of hydrogen-bond donors (Lipinski definition) is 2. The third-order valence-electron chi connectivity index (χ3n) is 15.3. The number of benzene rings is 11. The van der Waals surface area contributed by atoms with Crippen molar-refractivity contribution >= 4 is 54.9 Å². The van der Waals surface area contributed by atoms with Crippen LogP contribution in [0.5, 0.6) is 69.0 Å². The Hall–Kier alpha value is -11.0. The molecule has 0 radical (unpaired) electrons. The van der Waals surface area contributed by atoms with E-state index in [9.17, 15) is 9.59 Å². The first kappa shape index (κ1) is 60.7. The Labute approximate surface area is 521 Å². The van der Waals surface area contributed by atoms with E-state index in [-0.39, 0.29) is 51.3 Å². The van der Waals surface area contributed by atoms with Gasteiger partial charge in [0.25, 0.3) is 11.8 Å². The van der Waals surface area contributed by atoms with E-state index < -0.39 is 0 Å².